The van der Waals surface area contributed by atoms with E-state index in [4.69, 9.17) is 0 Å². The first-order valence-corrected chi connectivity index (χ1v) is 8.14. The van der Waals surface area contributed by atoms with Crippen molar-refractivity contribution in [2.45, 2.75) is 26.8 Å². The van der Waals surface area contributed by atoms with Crippen LogP contribution in [0.15, 0.2) is 18.2 Å². The average molecular weight is 313 g/mol. The second-order valence-electron chi connectivity index (χ2n) is 4.82. The minimum absolute atomic E-state index is 0.290. The molecule has 21 heavy (non-hydrogen) atoms. The second kappa shape index (κ2) is 6.57. The van der Waals surface area contributed by atoms with Crippen molar-refractivity contribution in [3.05, 3.63) is 23.8 Å². The molecule has 0 radical (unpaired) electrons. The van der Waals surface area contributed by atoms with Gasteiger partial charge in [0.25, 0.3) is 0 Å². The van der Waals surface area contributed by atoms with E-state index in [9.17, 15) is 18.0 Å². The van der Waals surface area contributed by atoms with Gasteiger partial charge in [0.15, 0.2) is 0 Å². The molecule has 0 aliphatic rings. The van der Waals surface area contributed by atoms with Gasteiger partial charge in [0.05, 0.1) is 11.9 Å². The van der Waals surface area contributed by atoms with Gasteiger partial charge in [0, 0.05) is 12.6 Å². The molecular weight excluding hydrogens is 294 g/mol. The van der Waals surface area contributed by atoms with E-state index in [0.717, 1.165) is 6.26 Å². The largest absolute Gasteiger partial charge is 0.345 e. The first-order chi connectivity index (χ1) is 9.58. The van der Waals surface area contributed by atoms with Crippen LogP contribution in [-0.4, -0.2) is 32.5 Å². The maximum Gasteiger partial charge on any atom is 0.246 e. The molecule has 8 heteroatoms. The highest BCUT2D eigenvalue weighted by molar-refractivity contribution is 7.92. The number of amides is 2. The number of benzene rings is 1. The van der Waals surface area contributed by atoms with Crippen LogP contribution < -0.4 is 15.4 Å². The Balaban J connectivity index is 2.80. The molecule has 2 amide bonds. The molecule has 7 nitrogen and oxygen atoms in total. The zero-order valence-electron chi connectivity index (χ0n) is 12.4. The van der Waals surface area contributed by atoms with Gasteiger partial charge in [-0.15, -0.1) is 0 Å². The molecule has 0 aromatic heterocycles. The summed E-state index contributed by atoms with van der Waals surface area (Å²) in [5.74, 6) is -0.644. The lowest BCUT2D eigenvalue weighted by atomic mass is 10.2. The van der Waals surface area contributed by atoms with E-state index in [0.29, 0.717) is 16.9 Å². The predicted octanol–water partition coefficient (Wildman–Crippen LogP) is 0.830. The normalized spacial score (nSPS) is 12.4. The molecule has 1 aromatic carbocycles. The first kappa shape index (κ1) is 17.0. The minimum atomic E-state index is -3.35. The van der Waals surface area contributed by atoms with Crippen LogP contribution >= 0.6 is 0 Å². The number of rotatable bonds is 5. The molecule has 0 fully saturated rings. The fourth-order valence-corrected chi connectivity index (χ4v) is 2.31. The van der Waals surface area contributed by atoms with Gasteiger partial charge in [0.1, 0.15) is 6.04 Å². The summed E-state index contributed by atoms with van der Waals surface area (Å²) in [6.45, 7) is 4.63. The Labute approximate surface area is 124 Å². The summed E-state index contributed by atoms with van der Waals surface area (Å²) >= 11 is 0. The van der Waals surface area contributed by atoms with E-state index < -0.39 is 16.1 Å². The van der Waals surface area contributed by atoms with E-state index in [-0.39, 0.29) is 11.8 Å². The van der Waals surface area contributed by atoms with Crippen molar-refractivity contribution in [1.82, 2.24) is 5.32 Å². The Morgan fingerprint density at radius 3 is 2.33 bits per heavy atom. The Bertz CT molecular complexity index is 655. The number of anilines is 2. The van der Waals surface area contributed by atoms with Crippen molar-refractivity contribution >= 4 is 33.2 Å². The fraction of sp³-hybridized carbons (Fsp3) is 0.385. The molecule has 0 spiro atoms. The molecule has 1 unspecified atom stereocenters. The maximum atomic E-state index is 11.8. The summed E-state index contributed by atoms with van der Waals surface area (Å²) < 4.78 is 24.8. The Morgan fingerprint density at radius 2 is 1.86 bits per heavy atom. The topological polar surface area (TPSA) is 104 Å². The van der Waals surface area contributed by atoms with E-state index in [1.807, 2.05) is 0 Å². The monoisotopic (exact) mass is 313 g/mol. The van der Waals surface area contributed by atoms with E-state index in [2.05, 4.69) is 15.4 Å². The molecule has 1 rings (SSSR count). The van der Waals surface area contributed by atoms with E-state index in [1.165, 1.54) is 6.92 Å². The highest BCUT2D eigenvalue weighted by atomic mass is 32.2. The lowest BCUT2D eigenvalue weighted by molar-refractivity contribution is -0.124. The summed E-state index contributed by atoms with van der Waals surface area (Å²) in [6.07, 6.45) is 1.07. The number of carbonyl (C=O) groups is 2. The highest BCUT2D eigenvalue weighted by Gasteiger charge is 2.14. The molecule has 1 aromatic rings. The molecule has 1 atom stereocenters. The van der Waals surface area contributed by atoms with Crippen LogP contribution in [0.2, 0.25) is 0 Å². The quantitative estimate of drug-likeness (QED) is 0.749. The standard InChI is InChI=1S/C13H19N3O4S/c1-8-7-11(5-6-12(8)16-21(4,19)20)15-13(18)9(2)14-10(3)17/h5-7,9,16H,1-4H3,(H,14,17)(H,15,18). The number of hydrogen-bond donors (Lipinski definition) is 3. The molecule has 0 saturated heterocycles. The van der Waals surface area contributed by atoms with Gasteiger partial charge in [0.2, 0.25) is 21.8 Å². The van der Waals surface area contributed by atoms with Crippen LogP contribution in [-0.2, 0) is 19.6 Å². The van der Waals surface area contributed by atoms with Crippen molar-refractivity contribution < 1.29 is 18.0 Å². The zero-order chi connectivity index (χ0) is 16.2. The van der Waals surface area contributed by atoms with E-state index >= 15 is 0 Å². The molecule has 0 heterocycles. The SMILES string of the molecule is CC(=O)NC(C)C(=O)Nc1ccc(NS(C)(=O)=O)c(C)c1. The molecular formula is C13H19N3O4S. The van der Waals surface area contributed by atoms with Crippen molar-refractivity contribution in [2.75, 3.05) is 16.3 Å². The summed E-state index contributed by atoms with van der Waals surface area (Å²) in [4.78, 5) is 22.7. The number of aryl methyl sites for hydroxylation is 1. The third kappa shape index (κ3) is 5.82. The van der Waals surface area contributed by atoms with Crippen molar-refractivity contribution in [3.8, 4) is 0 Å². The highest BCUT2D eigenvalue weighted by Crippen LogP contribution is 2.20. The van der Waals surface area contributed by atoms with Gasteiger partial charge in [-0.1, -0.05) is 0 Å². The van der Waals surface area contributed by atoms with Crippen molar-refractivity contribution in [1.29, 1.82) is 0 Å². The van der Waals surface area contributed by atoms with Crippen LogP contribution in [0.3, 0.4) is 0 Å². The Kier molecular flexibility index (Phi) is 5.31. The molecule has 0 aliphatic heterocycles. The number of hydrogen-bond acceptors (Lipinski definition) is 4. The van der Waals surface area contributed by atoms with Crippen LogP contribution in [0.1, 0.15) is 19.4 Å². The predicted molar refractivity (Wildman–Crippen MR) is 81.6 cm³/mol. The number of carbonyl (C=O) groups excluding carboxylic acids is 2. The molecule has 3 N–H and O–H groups in total. The van der Waals surface area contributed by atoms with Crippen LogP contribution in [0.5, 0.6) is 0 Å². The molecule has 0 saturated carbocycles. The van der Waals surface area contributed by atoms with Crippen LogP contribution in [0.25, 0.3) is 0 Å². The summed E-state index contributed by atoms with van der Waals surface area (Å²) in [6, 6.07) is 4.14. The van der Waals surface area contributed by atoms with Gasteiger partial charge in [-0.05, 0) is 37.6 Å². The lowest BCUT2D eigenvalue weighted by Gasteiger charge is -2.14. The van der Waals surface area contributed by atoms with E-state index in [1.54, 1.807) is 32.0 Å². The first-order valence-electron chi connectivity index (χ1n) is 6.25. The third-order valence-corrected chi connectivity index (χ3v) is 3.19. The van der Waals surface area contributed by atoms with Gasteiger partial charge in [-0.25, -0.2) is 8.42 Å². The number of sulfonamides is 1. The summed E-state index contributed by atoms with van der Waals surface area (Å²) in [7, 11) is -3.35. The minimum Gasteiger partial charge on any atom is -0.345 e. The van der Waals surface area contributed by atoms with Crippen LogP contribution in [0, 0.1) is 6.92 Å². The Morgan fingerprint density at radius 1 is 1.24 bits per heavy atom. The molecule has 116 valence electrons. The zero-order valence-corrected chi connectivity index (χ0v) is 13.2. The molecule has 0 bridgehead atoms. The number of nitrogens with one attached hydrogen (secondary N) is 3. The van der Waals surface area contributed by atoms with Gasteiger partial charge < -0.3 is 10.6 Å². The van der Waals surface area contributed by atoms with Crippen molar-refractivity contribution in [2.24, 2.45) is 0 Å². The lowest BCUT2D eigenvalue weighted by Crippen LogP contribution is -2.40. The summed E-state index contributed by atoms with van der Waals surface area (Å²) in [5, 5.41) is 5.12. The summed E-state index contributed by atoms with van der Waals surface area (Å²) in [5.41, 5.74) is 1.64. The van der Waals surface area contributed by atoms with Crippen LogP contribution in [0.4, 0.5) is 11.4 Å². The maximum absolute atomic E-state index is 11.8. The Hall–Kier alpha value is -2.09. The third-order valence-electron chi connectivity index (χ3n) is 2.60. The van der Waals surface area contributed by atoms with Crippen molar-refractivity contribution in [3.63, 3.8) is 0 Å². The second-order valence-corrected chi connectivity index (χ2v) is 6.56. The van der Waals surface area contributed by atoms with Gasteiger partial charge in [-0.2, -0.15) is 0 Å². The fourth-order valence-electron chi connectivity index (χ4n) is 1.68. The van der Waals surface area contributed by atoms with Gasteiger partial charge >= 0.3 is 0 Å². The smallest absolute Gasteiger partial charge is 0.246 e. The van der Waals surface area contributed by atoms with Gasteiger partial charge in [-0.3, -0.25) is 14.3 Å². The molecule has 0 aliphatic carbocycles. The average Bonchev–Trinajstić information content (AvgIpc) is 2.30.